The normalized spacial score (nSPS) is 11.1. The molecule has 0 saturated carbocycles. The Morgan fingerprint density at radius 3 is 2.31 bits per heavy atom. The van der Waals surface area contributed by atoms with E-state index in [0.29, 0.717) is 17.2 Å². The van der Waals surface area contributed by atoms with Gasteiger partial charge in [0.25, 0.3) is 15.9 Å². The van der Waals surface area contributed by atoms with Crippen LogP contribution in [0.3, 0.4) is 0 Å². The van der Waals surface area contributed by atoms with E-state index in [1.54, 1.807) is 19.2 Å². The molecule has 0 atom stereocenters. The molecule has 9 heteroatoms. The average molecular weight is 416 g/mol. The maximum absolute atomic E-state index is 12.5. The first-order valence-corrected chi connectivity index (χ1v) is 10.0. The number of benzene rings is 3. The second-order valence-electron chi connectivity index (χ2n) is 6.10. The topological polar surface area (TPSA) is 117 Å². The van der Waals surface area contributed by atoms with Crippen molar-refractivity contribution in [2.45, 2.75) is 4.90 Å². The van der Waals surface area contributed by atoms with Gasteiger partial charge >= 0.3 is 0 Å². The molecule has 0 heterocycles. The van der Waals surface area contributed by atoms with Crippen molar-refractivity contribution in [3.63, 3.8) is 0 Å². The molecule has 3 N–H and O–H groups in total. The number of ether oxygens (including phenoxy) is 3. The van der Waals surface area contributed by atoms with E-state index < -0.39 is 22.5 Å². The zero-order valence-corrected chi connectivity index (χ0v) is 16.7. The second kappa shape index (κ2) is 8.27. The second-order valence-corrected chi connectivity index (χ2v) is 7.75. The molecule has 29 heavy (non-hydrogen) atoms. The molecule has 0 fully saturated rings. The lowest BCUT2D eigenvalue weighted by Crippen LogP contribution is -2.34. The number of anilines is 1. The lowest BCUT2D eigenvalue weighted by atomic mass is 10.1. The highest BCUT2D eigenvalue weighted by Gasteiger charge is 2.22. The number of hydrogen-bond acceptors (Lipinski definition) is 7. The van der Waals surface area contributed by atoms with Gasteiger partial charge < -0.3 is 19.9 Å². The summed E-state index contributed by atoms with van der Waals surface area (Å²) in [5, 5.41) is 1.84. The standard InChI is InChI=1S/C20H20N2O6S/c1-26-16-6-3-13-4-7-17(10-14(13)9-16)28-12-20(23)22-29(24,25)19-8-5-15(21)11-18(19)27-2/h3-11H,12,21H2,1-2H3,(H,22,23). The molecule has 3 aromatic rings. The number of fused-ring (bicyclic) bond motifs is 1. The van der Waals surface area contributed by atoms with E-state index in [-0.39, 0.29) is 10.6 Å². The minimum Gasteiger partial charge on any atom is -0.497 e. The van der Waals surface area contributed by atoms with Crippen molar-refractivity contribution in [3.8, 4) is 17.2 Å². The zero-order chi connectivity index (χ0) is 21.0. The van der Waals surface area contributed by atoms with Crippen LogP contribution in [0.15, 0.2) is 59.5 Å². The van der Waals surface area contributed by atoms with Crippen LogP contribution in [0.4, 0.5) is 5.69 Å². The van der Waals surface area contributed by atoms with Crippen LogP contribution < -0.4 is 24.7 Å². The van der Waals surface area contributed by atoms with Gasteiger partial charge in [0.05, 0.1) is 14.2 Å². The first-order chi connectivity index (χ1) is 13.8. The van der Waals surface area contributed by atoms with Crippen LogP contribution >= 0.6 is 0 Å². The monoisotopic (exact) mass is 416 g/mol. The first kappa shape index (κ1) is 20.3. The van der Waals surface area contributed by atoms with Crippen LogP contribution in [-0.2, 0) is 14.8 Å². The molecule has 0 radical (unpaired) electrons. The molecule has 0 bridgehead atoms. The summed E-state index contributed by atoms with van der Waals surface area (Å²) in [5.41, 5.74) is 5.96. The summed E-state index contributed by atoms with van der Waals surface area (Å²) in [6.45, 7) is -0.480. The van der Waals surface area contributed by atoms with Crippen LogP contribution in [0.5, 0.6) is 17.2 Å². The van der Waals surface area contributed by atoms with E-state index in [1.807, 2.05) is 29.0 Å². The van der Waals surface area contributed by atoms with Crippen LogP contribution in [0.2, 0.25) is 0 Å². The lowest BCUT2D eigenvalue weighted by Gasteiger charge is -2.12. The molecule has 0 saturated heterocycles. The quantitative estimate of drug-likeness (QED) is 0.568. The highest BCUT2D eigenvalue weighted by atomic mass is 32.2. The molecular formula is C20H20N2O6S. The molecule has 0 aliphatic carbocycles. The third-order valence-corrected chi connectivity index (χ3v) is 5.53. The highest BCUT2D eigenvalue weighted by molar-refractivity contribution is 7.90. The van der Waals surface area contributed by atoms with Gasteiger partial charge in [0.2, 0.25) is 0 Å². The Morgan fingerprint density at radius 2 is 1.62 bits per heavy atom. The molecule has 0 aliphatic rings. The number of amides is 1. The van der Waals surface area contributed by atoms with Gasteiger partial charge in [-0.05, 0) is 47.2 Å². The number of rotatable bonds is 7. The van der Waals surface area contributed by atoms with Gasteiger partial charge in [-0.3, -0.25) is 4.79 Å². The van der Waals surface area contributed by atoms with E-state index in [4.69, 9.17) is 19.9 Å². The fraction of sp³-hybridized carbons (Fsp3) is 0.150. The number of nitrogens with one attached hydrogen (secondary N) is 1. The van der Waals surface area contributed by atoms with Gasteiger partial charge in [0, 0.05) is 11.8 Å². The van der Waals surface area contributed by atoms with Crippen molar-refractivity contribution in [1.29, 1.82) is 0 Å². The number of carbonyl (C=O) groups excluding carboxylic acids is 1. The molecule has 8 nitrogen and oxygen atoms in total. The van der Waals surface area contributed by atoms with Gasteiger partial charge in [0.1, 0.15) is 22.1 Å². The average Bonchev–Trinajstić information content (AvgIpc) is 2.70. The Bertz CT molecular complexity index is 1160. The number of nitrogens with two attached hydrogens (primary N) is 1. The highest BCUT2D eigenvalue weighted by Crippen LogP contribution is 2.26. The molecule has 3 rings (SSSR count). The number of nitrogen functional groups attached to an aromatic ring is 1. The molecule has 0 spiro atoms. The van der Waals surface area contributed by atoms with Crippen LogP contribution in [0.25, 0.3) is 10.8 Å². The maximum atomic E-state index is 12.5. The van der Waals surface area contributed by atoms with Gasteiger partial charge in [-0.1, -0.05) is 12.1 Å². The van der Waals surface area contributed by atoms with E-state index >= 15 is 0 Å². The Balaban J connectivity index is 1.70. The van der Waals surface area contributed by atoms with Crippen LogP contribution in [0.1, 0.15) is 0 Å². The summed E-state index contributed by atoms with van der Waals surface area (Å²) in [7, 11) is -1.26. The van der Waals surface area contributed by atoms with Crippen LogP contribution in [-0.4, -0.2) is 35.2 Å². The van der Waals surface area contributed by atoms with Crippen molar-refractivity contribution in [1.82, 2.24) is 4.72 Å². The number of methoxy groups -OCH3 is 2. The minimum absolute atomic E-state index is 0.0368. The lowest BCUT2D eigenvalue weighted by molar-refractivity contribution is -0.121. The Labute approximate surface area is 168 Å². The van der Waals surface area contributed by atoms with Crippen molar-refractivity contribution in [2.24, 2.45) is 0 Å². The first-order valence-electron chi connectivity index (χ1n) is 8.52. The predicted octanol–water partition coefficient (Wildman–Crippen LogP) is 2.32. The fourth-order valence-electron chi connectivity index (χ4n) is 2.71. The smallest absolute Gasteiger partial charge is 0.271 e. The van der Waals surface area contributed by atoms with E-state index in [9.17, 15) is 13.2 Å². The Morgan fingerprint density at radius 1 is 0.931 bits per heavy atom. The van der Waals surface area contributed by atoms with Crippen LogP contribution in [0, 0.1) is 0 Å². The third-order valence-electron chi connectivity index (χ3n) is 4.11. The number of carbonyl (C=O) groups is 1. The number of hydrogen-bond donors (Lipinski definition) is 2. The summed E-state index contributed by atoms with van der Waals surface area (Å²) >= 11 is 0. The van der Waals surface area contributed by atoms with Crippen molar-refractivity contribution in [2.75, 3.05) is 26.6 Å². The SMILES string of the molecule is COc1ccc2ccc(OCC(=O)NS(=O)(=O)c3ccc(N)cc3OC)cc2c1. The van der Waals surface area contributed by atoms with Gasteiger partial charge in [0.15, 0.2) is 6.61 Å². The molecule has 1 amide bonds. The largest absolute Gasteiger partial charge is 0.497 e. The number of sulfonamides is 1. The molecule has 152 valence electrons. The summed E-state index contributed by atoms with van der Waals surface area (Å²) in [6, 6.07) is 14.9. The minimum atomic E-state index is -4.14. The van der Waals surface area contributed by atoms with Crippen molar-refractivity contribution >= 4 is 32.4 Å². The molecule has 3 aromatic carbocycles. The third kappa shape index (κ3) is 4.69. The van der Waals surface area contributed by atoms with Crippen molar-refractivity contribution in [3.05, 3.63) is 54.6 Å². The van der Waals surface area contributed by atoms with Crippen molar-refractivity contribution < 1.29 is 27.4 Å². The Kier molecular flexibility index (Phi) is 5.79. The van der Waals surface area contributed by atoms with E-state index in [0.717, 1.165) is 10.8 Å². The van der Waals surface area contributed by atoms with E-state index in [1.165, 1.54) is 25.3 Å². The molecule has 0 unspecified atom stereocenters. The van der Waals surface area contributed by atoms with Gasteiger partial charge in [-0.25, -0.2) is 13.1 Å². The predicted molar refractivity (Wildman–Crippen MR) is 109 cm³/mol. The van der Waals surface area contributed by atoms with E-state index in [2.05, 4.69) is 0 Å². The summed E-state index contributed by atoms with van der Waals surface area (Å²) < 4.78 is 42.6. The molecular weight excluding hydrogens is 396 g/mol. The fourth-order valence-corrected chi connectivity index (χ4v) is 3.83. The summed E-state index contributed by atoms with van der Waals surface area (Å²) in [6.07, 6.45) is 0. The zero-order valence-electron chi connectivity index (χ0n) is 15.8. The summed E-state index contributed by atoms with van der Waals surface area (Å²) in [4.78, 5) is 11.9. The molecule has 0 aliphatic heterocycles. The van der Waals surface area contributed by atoms with Gasteiger partial charge in [-0.15, -0.1) is 0 Å². The Hall–Kier alpha value is -3.46. The molecule has 0 aromatic heterocycles. The van der Waals surface area contributed by atoms with Gasteiger partial charge in [-0.2, -0.15) is 0 Å². The maximum Gasteiger partial charge on any atom is 0.271 e. The summed E-state index contributed by atoms with van der Waals surface area (Å²) in [5.74, 6) is 0.323.